The number of nitrogens with zero attached hydrogens (tertiary/aromatic N) is 3. The number of allylic oxidation sites excluding steroid dienone is 2. The first-order chi connectivity index (χ1) is 29.2. The summed E-state index contributed by atoms with van der Waals surface area (Å²) in [6, 6.07) is 12.5. The third kappa shape index (κ3) is 8.22. The van der Waals surface area contributed by atoms with Crippen molar-refractivity contribution in [1.82, 2.24) is 25.4 Å². The van der Waals surface area contributed by atoms with E-state index in [0.29, 0.717) is 74.6 Å². The average molecular weight is 859 g/mol. The molecule has 3 aliphatic rings. The Morgan fingerprint density at radius 3 is 2.61 bits per heavy atom. The van der Waals surface area contributed by atoms with Crippen LogP contribution < -0.4 is 21.1 Å². The number of carbonyl (C=O) groups is 2. The highest BCUT2D eigenvalue weighted by Gasteiger charge is 2.50. The van der Waals surface area contributed by atoms with Crippen LogP contribution in [-0.2, 0) is 27.1 Å². The third-order valence-corrected chi connectivity index (χ3v) is 12.2. The van der Waals surface area contributed by atoms with Crippen molar-refractivity contribution >= 4 is 44.9 Å². The molecule has 320 valence electrons. The summed E-state index contributed by atoms with van der Waals surface area (Å²) in [6.07, 6.45) is 2.18. The third-order valence-electron chi connectivity index (χ3n) is 11.0. The molecule has 0 spiro atoms. The first-order valence-corrected chi connectivity index (χ1v) is 20.9. The second-order valence-electron chi connectivity index (χ2n) is 16.1. The number of anilines is 1. The van der Waals surface area contributed by atoms with E-state index in [-0.39, 0.29) is 36.1 Å². The number of esters is 1. The molecule has 17 heteroatoms. The Labute approximate surface area is 353 Å². The van der Waals surface area contributed by atoms with Crippen LogP contribution in [0.3, 0.4) is 0 Å². The number of aromatic amines is 1. The first kappa shape index (κ1) is 41.6. The van der Waals surface area contributed by atoms with Crippen LogP contribution in [0.4, 0.5) is 23.8 Å². The van der Waals surface area contributed by atoms with Gasteiger partial charge >= 0.3 is 17.8 Å². The monoisotopic (exact) mass is 858 g/mol. The largest absolute Gasteiger partial charge is 0.496 e. The van der Waals surface area contributed by atoms with Gasteiger partial charge in [0, 0.05) is 46.6 Å². The summed E-state index contributed by atoms with van der Waals surface area (Å²) in [5, 5.41) is 13.8. The number of hydrogen-bond donors (Lipinski definition) is 3. The van der Waals surface area contributed by atoms with Gasteiger partial charge in [-0.2, -0.15) is 0 Å². The average Bonchev–Trinajstić information content (AvgIpc) is 4.02. The number of halogens is 3. The summed E-state index contributed by atoms with van der Waals surface area (Å²) in [6.45, 7) is 7.37. The van der Waals surface area contributed by atoms with Gasteiger partial charge in [0.1, 0.15) is 29.0 Å². The van der Waals surface area contributed by atoms with E-state index < -0.39 is 53.8 Å². The maximum atomic E-state index is 15.9. The molecule has 0 bridgehead atoms. The molecule has 1 aliphatic carbocycles. The van der Waals surface area contributed by atoms with Gasteiger partial charge in [0.05, 0.1) is 35.9 Å². The summed E-state index contributed by atoms with van der Waals surface area (Å²) in [7, 11) is 1.45. The van der Waals surface area contributed by atoms with Crippen LogP contribution in [0.15, 0.2) is 87.0 Å². The lowest BCUT2D eigenvalue weighted by Crippen LogP contribution is -2.45. The zero-order chi connectivity index (χ0) is 43.2. The second-order valence-corrected chi connectivity index (χ2v) is 17.2. The summed E-state index contributed by atoms with van der Waals surface area (Å²) < 4.78 is 68.9. The van der Waals surface area contributed by atoms with E-state index in [0.717, 1.165) is 5.56 Å². The molecule has 5 aromatic rings. The minimum Gasteiger partial charge on any atom is -0.496 e. The van der Waals surface area contributed by atoms with Gasteiger partial charge in [-0.3, -0.25) is 4.90 Å². The van der Waals surface area contributed by atoms with Gasteiger partial charge in [0.15, 0.2) is 0 Å². The number of ether oxygens (including phenoxy) is 3. The van der Waals surface area contributed by atoms with Crippen molar-refractivity contribution in [1.29, 1.82) is 0 Å². The molecule has 5 heterocycles. The lowest BCUT2D eigenvalue weighted by molar-refractivity contribution is -0.138. The van der Waals surface area contributed by atoms with Crippen molar-refractivity contribution in [3.05, 3.63) is 122 Å². The Hall–Kier alpha value is -6.10. The van der Waals surface area contributed by atoms with Crippen LogP contribution in [0.1, 0.15) is 86.4 Å². The van der Waals surface area contributed by atoms with Gasteiger partial charge in [-0.15, -0.1) is 16.4 Å². The van der Waals surface area contributed by atoms with Crippen molar-refractivity contribution in [3.8, 4) is 5.75 Å². The number of alkyl halides is 2. The molecular weight excluding hydrogens is 814 g/mol. The Kier molecular flexibility index (Phi) is 11.2. The van der Waals surface area contributed by atoms with Gasteiger partial charge < -0.3 is 29.3 Å². The van der Waals surface area contributed by atoms with E-state index in [1.807, 2.05) is 6.07 Å². The highest BCUT2D eigenvalue weighted by Crippen LogP contribution is 2.52. The fraction of sp³-hybridized carbons (Fsp3) is 0.386. The molecule has 2 aromatic carbocycles. The summed E-state index contributed by atoms with van der Waals surface area (Å²) >= 11 is 1.22. The van der Waals surface area contributed by atoms with Crippen molar-refractivity contribution < 1.29 is 41.4 Å². The van der Waals surface area contributed by atoms with Gasteiger partial charge in [-0.05, 0) is 100 Å². The smallest absolute Gasteiger partial charge is 0.434 e. The number of rotatable bonds is 11. The normalized spacial score (nSPS) is 19.9. The minimum atomic E-state index is -3.18. The Bertz CT molecular complexity index is 2610. The van der Waals surface area contributed by atoms with Crippen molar-refractivity contribution in [3.63, 3.8) is 0 Å². The Balaban J connectivity index is 1.31. The number of H-pyrrole nitrogens is 1. The van der Waals surface area contributed by atoms with E-state index >= 15 is 8.78 Å². The van der Waals surface area contributed by atoms with Crippen LogP contribution in [0.2, 0.25) is 0 Å². The zero-order valence-electron chi connectivity index (χ0n) is 34.2. The van der Waals surface area contributed by atoms with E-state index in [1.165, 1.54) is 36.8 Å². The van der Waals surface area contributed by atoms with Crippen LogP contribution in [0, 0.1) is 5.82 Å². The molecule has 3 aromatic heterocycles. The fourth-order valence-corrected chi connectivity index (χ4v) is 9.65. The zero-order valence-corrected chi connectivity index (χ0v) is 35.0. The van der Waals surface area contributed by atoms with Gasteiger partial charge in [-0.1, -0.05) is 24.3 Å². The quantitative estimate of drug-likeness (QED) is 0.109. The number of hydrogen-bond acceptors (Lipinski definition) is 12. The van der Waals surface area contributed by atoms with E-state index in [2.05, 4.69) is 25.8 Å². The molecule has 1 unspecified atom stereocenters. The highest BCUT2D eigenvalue weighted by molar-refractivity contribution is 7.19. The molecule has 1 amide bonds. The number of likely N-dealkylation sites (tertiary alicyclic amines) is 1. The number of nitrogens with one attached hydrogen (secondary N) is 3. The molecule has 3 N–H and O–H groups in total. The minimum absolute atomic E-state index is 0.0169. The van der Waals surface area contributed by atoms with Crippen LogP contribution in [0.5, 0.6) is 5.75 Å². The van der Waals surface area contributed by atoms with E-state index in [1.54, 1.807) is 69.0 Å². The lowest BCUT2D eigenvalue weighted by atomic mass is 9.81. The maximum absolute atomic E-state index is 15.9. The summed E-state index contributed by atoms with van der Waals surface area (Å²) in [5.74, 6) is -5.64. The molecular formula is C44H45F3N6O7S. The Morgan fingerprint density at radius 1 is 1.11 bits per heavy atom. The van der Waals surface area contributed by atoms with E-state index in [9.17, 15) is 18.8 Å². The van der Waals surface area contributed by atoms with Crippen molar-refractivity contribution in [2.24, 2.45) is 0 Å². The molecule has 1 saturated heterocycles. The number of benzene rings is 2. The van der Waals surface area contributed by atoms with E-state index in [4.69, 9.17) is 18.6 Å². The molecule has 8 rings (SSSR count). The van der Waals surface area contributed by atoms with Crippen molar-refractivity contribution in [2.45, 2.75) is 89.3 Å². The molecule has 0 saturated carbocycles. The van der Waals surface area contributed by atoms with Gasteiger partial charge in [-0.25, -0.2) is 37.6 Å². The Morgan fingerprint density at radius 2 is 1.90 bits per heavy atom. The number of aryl methyl sites for hydroxylation is 1. The molecule has 0 radical (unpaired) electrons. The van der Waals surface area contributed by atoms with Crippen molar-refractivity contribution in [2.75, 3.05) is 25.6 Å². The molecule has 13 nitrogen and oxygen atoms in total. The number of carbonyl (C=O) groups excluding carboxylic acids is 2. The predicted octanol–water partition coefficient (Wildman–Crippen LogP) is 8.41. The predicted molar refractivity (Wildman–Crippen MR) is 222 cm³/mol. The standard InChI is InChI=1S/C44H45F3N6O7S/c1-6-58-40(54)34-33(31-21-24-18-19-48-38(36(24)61-31)50-37-26-9-7-11-30(57-5)27(26)22-44(37,46)47)32(39-51-52-41(55)59-39)28(17-14-23-12-15-25(45)16-13-23)49-35(34)29-10-8-20-53(29)42(56)60-43(2,3)4/h7,9,11-13,15-16,18-19,21,29,33,37,49H,6,8,10,14,17,20,22H2,1-5H3,(H,48,50)(H,52,55)/t29-,33?,37-/m0/s1. The molecule has 2 aliphatic heterocycles. The van der Waals surface area contributed by atoms with Gasteiger partial charge in [0.2, 0.25) is 5.89 Å². The number of aromatic nitrogens is 3. The SMILES string of the molecule is CCOC(=O)C1=C([C@@H]2CCCN2C(=O)OC(C)(C)C)NC(CCc2ccc(F)cc2)=C(c2n[nH]c(=O)o2)C1c1cc2ccnc(N[C@H]3c4cccc(OC)c4CC3(F)F)c2s1. The number of methoxy groups -OCH3 is 1. The van der Waals surface area contributed by atoms with Crippen LogP contribution >= 0.6 is 11.3 Å². The number of thiophene rings is 1. The topological polar surface area (TPSA) is 161 Å². The highest BCUT2D eigenvalue weighted by atomic mass is 32.1. The molecule has 3 atom stereocenters. The first-order valence-electron chi connectivity index (χ1n) is 20.1. The van der Waals surface area contributed by atoms with Crippen LogP contribution in [-0.4, -0.2) is 70.0 Å². The summed E-state index contributed by atoms with van der Waals surface area (Å²) in [4.78, 5) is 47.7. The molecule has 1 fully saturated rings. The fourth-order valence-electron chi connectivity index (χ4n) is 8.42. The van der Waals surface area contributed by atoms with Gasteiger partial charge in [0.25, 0.3) is 5.92 Å². The number of pyridine rings is 1. The molecule has 61 heavy (non-hydrogen) atoms. The maximum Gasteiger partial charge on any atom is 0.434 e. The second kappa shape index (κ2) is 16.4. The number of amides is 1. The lowest BCUT2D eigenvalue weighted by Gasteiger charge is -2.37. The number of dihydropyridines is 1. The summed E-state index contributed by atoms with van der Waals surface area (Å²) in [5.41, 5.74) is 2.21. The number of fused-ring (bicyclic) bond motifs is 2. The van der Waals surface area contributed by atoms with Crippen LogP contribution in [0.25, 0.3) is 15.7 Å².